The smallest absolute Gasteiger partial charge is 0.261 e. The Balaban J connectivity index is 2.09. The van der Waals surface area contributed by atoms with Gasteiger partial charge in [-0.05, 0) is 55.3 Å². The summed E-state index contributed by atoms with van der Waals surface area (Å²) in [6.07, 6.45) is 0.824. The number of carbonyl (C=O) groups is 2. The molecule has 2 aromatic carbocycles. The lowest BCUT2D eigenvalue weighted by molar-refractivity contribution is -0.142. The van der Waals surface area contributed by atoms with E-state index in [4.69, 9.17) is 21.1 Å². The first-order valence-electron chi connectivity index (χ1n) is 9.53. The number of ether oxygens (including phenoxy) is 2. The molecular weight excluding hydrogens is 392 g/mol. The summed E-state index contributed by atoms with van der Waals surface area (Å²) in [5, 5.41) is 3.45. The van der Waals surface area contributed by atoms with E-state index in [1.165, 1.54) is 4.90 Å². The largest absolute Gasteiger partial charge is 0.497 e. The summed E-state index contributed by atoms with van der Waals surface area (Å²) in [7, 11) is 1.58. The molecule has 0 radical (unpaired) electrons. The summed E-state index contributed by atoms with van der Waals surface area (Å²) in [5.74, 6) is 0.775. The highest BCUT2D eigenvalue weighted by atomic mass is 35.5. The predicted octanol–water partition coefficient (Wildman–Crippen LogP) is 3.67. The fourth-order valence-electron chi connectivity index (χ4n) is 2.66. The molecule has 0 unspecified atom stereocenters. The van der Waals surface area contributed by atoms with E-state index in [2.05, 4.69) is 5.32 Å². The predicted molar refractivity (Wildman–Crippen MR) is 113 cm³/mol. The summed E-state index contributed by atoms with van der Waals surface area (Å²) in [6, 6.07) is 13.5. The summed E-state index contributed by atoms with van der Waals surface area (Å²) in [5.41, 5.74) is 0.877. The third-order valence-electron chi connectivity index (χ3n) is 4.40. The lowest BCUT2D eigenvalue weighted by Gasteiger charge is -2.28. The molecule has 0 saturated carbocycles. The summed E-state index contributed by atoms with van der Waals surface area (Å²) < 4.78 is 10.7. The maximum Gasteiger partial charge on any atom is 0.261 e. The van der Waals surface area contributed by atoms with Gasteiger partial charge in [0.2, 0.25) is 5.91 Å². The van der Waals surface area contributed by atoms with Crippen LogP contribution in [0.4, 0.5) is 0 Å². The molecule has 0 spiro atoms. The lowest BCUT2D eigenvalue weighted by atomic mass is 10.1. The van der Waals surface area contributed by atoms with E-state index >= 15 is 0 Å². The molecule has 29 heavy (non-hydrogen) atoms. The molecule has 2 amide bonds. The van der Waals surface area contributed by atoms with Crippen molar-refractivity contribution in [2.75, 3.05) is 20.3 Å². The van der Waals surface area contributed by atoms with Crippen LogP contribution in [0.15, 0.2) is 48.5 Å². The van der Waals surface area contributed by atoms with Gasteiger partial charge in [0, 0.05) is 18.1 Å². The fraction of sp³-hybridized carbons (Fsp3) is 0.364. The minimum absolute atomic E-state index is 0.175. The van der Waals surface area contributed by atoms with Gasteiger partial charge < -0.3 is 19.7 Å². The van der Waals surface area contributed by atoms with Crippen molar-refractivity contribution in [2.24, 2.45) is 0 Å². The monoisotopic (exact) mass is 418 g/mol. The molecule has 0 aliphatic heterocycles. The van der Waals surface area contributed by atoms with Crippen LogP contribution in [0, 0.1) is 0 Å². The second-order valence-electron chi connectivity index (χ2n) is 6.58. The Morgan fingerprint density at radius 1 is 1.07 bits per heavy atom. The molecule has 0 aliphatic carbocycles. The van der Waals surface area contributed by atoms with Crippen LogP contribution in [-0.2, 0) is 16.1 Å². The van der Waals surface area contributed by atoms with Crippen LogP contribution in [0.2, 0.25) is 5.02 Å². The highest BCUT2D eigenvalue weighted by molar-refractivity contribution is 6.30. The summed E-state index contributed by atoms with van der Waals surface area (Å²) in [4.78, 5) is 26.9. The van der Waals surface area contributed by atoms with Crippen molar-refractivity contribution in [2.45, 2.75) is 32.9 Å². The van der Waals surface area contributed by atoms with E-state index in [1.54, 1.807) is 50.4 Å². The number of nitrogens with one attached hydrogen (secondary N) is 1. The molecule has 1 N–H and O–H groups in total. The van der Waals surface area contributed by atoms with Crippen molar-refractivity contribution in [3.05, 3.63) is 59.1 Å². The van der Waals surface area contributed by atoms with E-state index in [0.29, 0.717) is 23.1 Å². The molecule has 0 fully saturated rings. The summed E-state index contributed by atoms with van der Waals surface area (Å²) in [6.45, 7) is 4.36. The highest BCUT2D eigenvalue weighted by Gasteiger charge is 2.26. The second kappa shape index (κ2) is 11.3. The van der Waals surface area contributed by atoms with Crippen molar-refractivity contribution >= 4 is 23.4 Å². The van der Waals surface area contributed by atoms with Gasteiger partial charge in [0.25, 0.3) is 5.91 Å². The molecule has 156 valence electrons. The molecule has 2 rings (SSSR count). The molecular formula is C22H27ClN2O4. The van der Waals surface area contributed by atoms with Gasteiger partial charge in [-0.15, -0.1) is 0 Å². The van der Waals surface area contributed by atoms with Crippen molar-refractivity contribution in [1.82, 2.24) is 10.2 Å². The van der Waals surface area contributed by atoms with Crippen LogP contribution >= 0.6 is 11.6 Å². The Morgan fingerprint density at radius 2 is 1.69 bits per heavy atom. The van der Waals surface area contributed by atoms with Crippen LogP contribution in [0.5, 0.6) is 11.5 Å². The van der Waals surface area contributed by atoms with Crippen LogP contribution in [0.1, 0.15) is 25.8 Å². The number of carbonyl (C=O) groups excluding carboxylic acids is 2. The first-order chi connectivity index (χ1) is 13.9. The third-order valence-corrected chi connectivity index (χ3v) is 4.66. The Morgan fingerprint density at radius 3 is 2.28 bits per heavy atom. The van der Waals surface area contributed by atoms with Crippen molar-refractivity contribution in [3.8, 4) is 11.5 Å². The minimum Gasteiger partial charge on any atom is -0.497 e. The highest BCUT2D eigenvalue weighted by Crippen LogP contribution is 2.18. The number of hydrogen-bond donors (Lipinski definition) is 1. The van der Waals surface area contributed by atoms with Crippen molar-refractivity contribution in [3.63, 3.8) is 0 Å². The van der Waals surface area contributed by atoms with E-state index in [9.17, 15) is 9.59 Å². The standard InChI is InChI=1S/C22H27ClN2O4/c1-4-13-24-22(27)16(2)25(14-17-5-7-18(23)8-6-17)21(26)15-29-20-11-9-19(28-3)10-12-20/h5-12,16H,4,13-15H2,1-3H3,(H,24,27)/t16-/m0/s1. The Hall–Kier alpha value is -2.73. The van der Waals surface area contributed by atoms with Gasteiger partial charge in [-0.25, -0.2) is 0 Å². The van der Waals surface area contributed by atoms with Gasteiger partial charge in [-0.3, -0.25) is 9.59 Å². The van der Waals surface area contributed by atoms with E-state index in [-0.39, 0.29) is 25.0 Å². The lowest BCUT2D eigenvalue weighted by Crippen LogP contribution is -2.49. The van der Waals surface area contributed by atoms with E-state index < -0.39 is 6.04 Å². The second-order valence-corrected chi connectivity index (χ2v) is 7.02. The van der Waals surface area contributed by atoms with Gasteiger partial charge in [-0.1, -0.05) is 30.7 Å². The fourth-order valence-corrected chi connectivity index (χ4v) is 2.79. The number of nitrogens with zero attached hydrogens (tertiary/aromatic N) is 1. The van der Waals surface area contributed by atoms with E-state index in [0.717, 1.165) is 12.0 Å². The molecule has 1 atom stereocenters. The van der Waals surface area contributed by atoms with Gasteiger partial charge >= 0.3 is 0 Å². The first kappa shape index (κ1) is 22.6. The Labute approximate surface area is 176 Å². The number of rotatable bonds is 10. The summed E-state index contributed by atoms with van der Waals surface area (Å²) >= 11 is 5.95. The number of amides is 2. The molecule has 0 heterocycles. The average molecular weight is 419 g/mol. The average Bonchev–Trinajstić information content (AvgIpc) is 2.75. The number of halogens is 1. The molecule has 7 heteroatoms. The zero-order valence-corrected chi connectivity index (χ0v) is 17.7. The quantitative estimate of drug-likeness (QED) is 0.639. The minimum atomic E-state index is -0.635. The van der Waals surface area contributed by atoms with Gasteiger partial charge in [0.15, 0.2) is 6.61 Å². The third kappa shape index (κ3) is 6.98. The topological polar surface area (TPSA) is 67.9 Å². The normalized spacial score (nSPS) is 11.4. The maximum atomic E-state index is 12.9. The molecule has 2 aromatic rings. The molecule has 0 aliphatic rings. The zero-order valence-electron chi connectivity index (χ0n) is 17.0. The van der Waals surface area contributed by atoms with Gasteiger partial charge in [0.05, 0.1) is 7.11 Å². The van der Waals surface area contributed by atoms with E-state index in [1.807, 2.05) is 19.1 Å². The van der Waals surface area contributed by atoms with Gasteiger partial charge in [0.1, 0.15) is 17.5 Å². The number of methoxy groups -OCH3 is 1. The molecule has 6 nitrogen and oxygen atoms in total. The SMILES string of the molecule is CCCNC(=O)[C@H](C)N(Cc1ccc(Cl)cc1)C(=O)COc1ccc(OC)cc1. The zero-order chi connectivity index (χ0) is 21.2. The van der Waals surface area contributed by atoms with Crippen LogP contribution in [-0.4, -0.2) is 43.0 Å². The molecule has 0 aromatic heterocycles. The maximum absolute atomic E-state index is 12.9. The number of hydrogen-bond acceptors (Lipinski definition) is 4. The van der Waals surface area contributed by atoms with Crippen molar-refractivity contribution < 1.29 is 19.1 Å². The van der Waals surface area contributed by atoms with Crippen LogP contribution in [0.3, 0.4) is 0 Å². The van der Waals surface area contributed by atoms with Gasteiger partial charge in [-0.2, -0.15) is 0 Å². The van der Waals surface area contributed by atoms with Crippen LogP contribution in [0.25, 0.3) is 0 Å². The van der Waals surface area contributed by atoms with Crippen molar-refractivity contribution in [1.29, 1.82) is 0 Å². The Kier molecular flexibility index (Phi) is 8.80. The first-order valence-corrected chi connectivity index (χ1v) is 9.90. The molecule has 0 saturated heterocycles. The Bertz CT molecular complexity index is 793. The van der Waals surface area contributed by atoms with Crippen LogP contribution < -0.4 is 14.8 Å². The molecule has 0 bridgehead atoms. The number of benzene rings is 2.